The Hall–Kier alpha value is -5.32. The molecule has 0 unspecified atom stereocenters. The lowest BCUT2D eigenvalue weighted by atomic mass is 9.63. The SMILES string of the molecule is CCC(=O)C[C@H](C(=O)N1CCC[C@H]1C1=Nc2ccc(-c3ccc(-c4ccc5nc([C@@H]6CCCN6C(=O)[C@@H](NC(=O)OC)C(C)C)[nH]c5c4)c4c3C3(CCC3)CC4)cc2C1)C(C)C. The van der Waals surface area contributed by atoms with Crippen molar-refractivity contribution in [3.63, 3.8) is 0 Å². The van der Waals surface area contributed by atoms with Crippen molar-refractivity contribution in [3.05, 3.63) is 71.0 Å². The zero-order valence-corrected chi connectivity index (χ0v) is 37.3. The van der Waals surface area contributed by atoms with Crippen molar-refractivity contribution < 1.29 is 23.9 Å². The van der Waals surface area contributed by atoms with Gasteiger partial charge in [0.1, 0.15) is 17.6 Å². The minimum atomic E-state index is -0.682. The molecule has 4 heterocycles. The summed E-state index contributed by atoms with van der Waals surface area (Å²) >= 11 is 0. The molecule has 9 rings (SSSR count). The van der Waals surface area contributed by atoms with Crippen molar-refractivity contribution in [1.82, 2.24) is 25.1 Å². The fraction of sp³-hybridized carbons (Fsp3) is 0.529. The third kappa shape index (κ3) is 7.42. The first-order valence-electron chi connectivity index (χ1n) is 23.2. The summed E-state index contributed by atoms with van der Waals surface area (Å²) in [4.78, 5) is 70.0. The van der Waals surface area contributed by atoms with Crippen LogP contribution in [0.2, 0.25) is 0 Å². The molecule has 3 fully saturated rings. The van der Waals surface area contributed by atoms with E-state index in [0.29, 0.717) is 19.4 Å². The Bertz CT molecular complexity index is 2460. The van der Waals surface area contributed by atoms with Crippen molar-refractivity contribution in [2.45, 2.75) is 135 Å². The summed E-state index contributed by atoms with van der Waals surface area (Å²) < 4.78 is 4.82. The zero-order valence-electron chi connectivity index (χ0n) is 37.3. The van der Waals surface area contributed by atoms with Gasteiger partial charge in [0.05, 0.1) is 35.9 Å². The van der Waals surface area contributed by atoms with Gasteiger partial charge in [-0.25, -0.2) is 9.78 Å². The van der Waals surface area contributed by atoms with Gasteiger partial charge in [-0.15, -0.1) is 0 Å². The van der Waals surface area contributed by atoms with Crippen LogP contribution in [-0.4, -0.2) is 81.5 Å². The van der Waals surface area contributed by atoms with Gasteiger partial charge in [0.2, 0.25) is 11.8 Å². The van der Waals surface area contributed by atoms with Crippen molar-refractivity contribution in [2.24, 2.45) is 22.7 Å². The first-order chi connectivity index (χ1) is 29.9. The molecule has 4 atom stereocenters. The maximum absolute atomic E-state index is 14.0. The fourth-order valence-electron chi connectivity index (χ4n) is 11.3. The van der Waals surface area contributed by atoms with Crippen molar-refractivity contribution >= 4 is 46.1 Å². The first kappa shape index (κ1) is 42.0. The van der Waals surface area contributed by atoms with Gasteiger partial charge < -0.3 is 24.8 Å². The molecule has 1 spiro atoms. The molecule has 3 amide bonds. The molecule has 62 heavy (non-hydrogen) atoms. The predicted octanol–water partition coefficient (Wildman–Crippen LogP) is 9.57. The van der Waals surface area contributed by atoms with Crippen molar-refractivity contribution in [1.29, 1.82) is 0 Å². The molecule has 4 aromatic rings. The minimum Gasteiger partial charge on any atom is -0.453 e. The van der Waals surface area contributed by atoms with Crippen molar-refractivity contribution in [2.75, 3.05) is 20.2 Å². The van der Waals surface area contributed by atoms with Crippen LogP contribution in [-0.2, 0) is 37.4 Å². The van der Waals surface area contributed by atoms with E-state index in [1.165, 1.54) is 66.2 Å². The molecule has 0 bridgehead atoms. The third-order valence-electron chi connectivity index (χ3n) is 15.0. The molecular formula is C51H62N6O5. The van der Waals surface area contributed by atoms with Crippen LogP contribution in [0, 0.1) is 17.8 Å². The van der Waals surface area contributed by atoms with Crippen LogP contribution < -0.4 is 5.32 Å². The summed E-state index contributed by atoms with van der Waals surface area (Å²) in [6, 6.07) is 17.1. The summed E-state index contributed by atoms with van der Waals surface area (Å²) in [6.45, 7) is 11.2. The van der Waals surface area contributed by atoms with Crippen LogP contribution >= 0.6 is 0 Å². The molecule has 1 aromatic heterocycles. The molecule has 2 aliphatic carbocycles. The highest BCUT2D eigenvalue weighted by molar-refractivity contribution is 6.01. The van der Waals surface area contributed by atoms with Gasteiger partial charge in [0, 0.05) is 44.0 Å². The second-order valence-electron chi connectivity index (χ2n) is 19.3. The number of nitrogens with one attached hydrogen (secondary N) is 2. The van der Waals surface area contributed by atoms with Crippen LogP contribution in [0.4, 0.5) is 10.5 Å². The number of imidazole rings is 1. The van der Waals surface area contributed by atoms with Crippen LogP contribution in [0.25, 0.3) is 33.3 Å². The number of benzene rings is 3. The molecule has 11 heteroatoms. The van der Waals surface area contributed by atoms with Gasteiger partial charge in [-0.05, 0) is 132 Å². The number of carbonyl (C=O) groups excluding carboxylic acids is 4. The van der Waals surface area contributed by atoms with E-state index in [4.69, 9.17) is 14.7 Å². The largest absolute Gasteiger partial charge is 0.453 e. The standard InChI is InChI=1S/C51H62N6O5/c1-7-34(58)28-38(29(2)3)48(59)56-23-8-11-43(56)42-27-33-25-31(13-17-39(33)52-42)36-16-15-35(37-19-22-51(45(36)37)20-10-21-51)32-14-18-40-41(26-32)54-47(53-40)44-12-9-24-57(44)49(60)46(30(4)5)55-50(61)62-6/h13-18,25-26,29-30,38,43-44,46H,7-12,19-24,27-28H2,1-6H3,(H,53,54)(H,55,61)/t38-,43-,44-,46-/m0/s1. The number of rotatable bonds is 12. The summed E-state index contributed by atoms with van der Waals surface area (Å²) in [5, 5.41) is 2.75. The number of hydrogen-bond donors (Lipinski definition) is 2. The number of likely N-dealkylation sites (tertiary alicyclic amines) is 2. The topological polar surface area (TPSA) is 137 Å². The summed E-state index contributed by atoms with van der Waals surface area (Å²) in [5.74, 6) is 0.634. The average molecular weight is 839 g/mol. The number of ketones is 1. The Balaban J connectivity index is 0.977. The lowest BCUT2D eigenvalue weighted by Crippen LogP contribution is -2.51. The van der Waals surface area contributed by atoms with Gasteiger partial charge in [-0.3, -0.25) is 19.4 Å². The summed E-state index contributed by atoms with van der Waals surface area (Å²) in [7, 11) is 1.31. The number of carbonyl (C=O) groups is 4. The maximum atomic E-state index is 14.0. The molecule has 1 saturated carbocycles. The van der Waals surface area contributed by atoms with Gasteiger partial charge in [-0.2, -0.15) is 0 Å². The smallest absolute Gasteiger partial charge is 0.407 e. The van der Waals surface area contributed by atoms with Gasteiger partial charge in [0.15, 0.2) is 0 Å². The maximum Gasteiger partial charge on any atom is 0.407 e. The molecule has 2 N–H and O–H groups in total. The Kier molecular flexibility index (Phi) is 11.4. The highest BCUT2D eigenvalue weighted by Gasteiger charge is 2.46. The van der Waals surface area contributed by atoms with E-state index < -0.39 is 12.1 Å². The highest BCUT2D eigenvalue weighted by atomic mass is 16.5. The van der Waals surface area contributed by atoms with Crippen molar-refractivity contribution in [3.8, 4) is 22.3 Å². The van der Waals surface area contributed by atoms with Crippen LogP contribution in [0.15, 0.2) is 53.5 Å². The quantitative estimate of drug-likeness (QED) is 0.146. The van der Waals surface area contributed by atoms with E-state index in [9.17, 15) is 19.2 Å². The lowest BCUT2D eigenvalue weighted by molar-refractivity contribution is -0.139. The number of methoxy groups -OCH3 is 1. The number of hydrogen-bond acceptors (Lipinski definition) is 7. The molecule has 2 saturated heterocycles. The average Bonchev–Trinajstić information content (AvgIpc) is 4.11. The van der Waals surface area contributed by atoms with Gasteiger partial charge in [0.25, 0.3) is 0 Å². The number of fused-ring (bicyclic) bond motifs is 4. The van der Waals surface area contributed by atoms with Crippen LogP contribution in [0.5, 0.6) is 0 Å². The van der Waals surface area contributed by atoms with E-state index >= 15 is 0 Å². The molecular weight excluding hydrogens is 777 g/mol. The van der Waals surface area contributed by atoms with Crippen LogP contribution in [0.3, 0.4) is 0 Å². The van der Waals surface area contributed by atoms with E-state index in [1.807, 2.05) is 30.6 Å². The van der Waals surface area contributed by atoms with E-state index in [0.717, 1.165) is 78.9 Å². The third-order valence-corrected chi connectivity index (χ3v) is 15.0. The number of aromatic amines is 1. The Morgan fingerprint density at radius 2 is 1.56 bits per heavy atom. The number of aliphatic imine (C=N–C) groups is 1. The fourth-order valence-corrected chi connectivity index (χ4v) is 11.3. The second-order valence-corrected chi connectivity index (χ2v) is 19.3. The monoisotopic (exact) mass is 838 g/mol. The van der Waals surface area contributed by atoms with E-state index in [2.05, 4.69) is 72.7 Å². The Morgan fingerprint density at radius 3 is 2.26 bits per heavy atom. The number of aromatic nitrogens is 2. The number of alkyl carbamates (subject to hydrolysis) is 1. The molecule has 5 aliphatic rings. The minimum absolute atomic E-state index is 0.0199. The molecule has 0 radical (unpaired) electrons. The van der Waals surface area contributed by atoms with Gasteiger partial charge in [-0.1, -0.05) is 65.3 Å². The zero-order chi connectivity index (χ0) is 43.4. The summed E-state index contributed by atoms with van der Waals surface area (Å²) in [5.41, 5.74) is 13.3. The number of ether oxygens (including phenoxy) is 1. The molecule has 3 aliphatic heterocycles. The number of H-pyrrole nitrogens is 1. The highest BCUT2D eigenvalue weighted by Crippen LogP contribution is 2.57. The first-order valence-corrected chi connectivity index (χ1v) is 23.2. The Morgan fingerprint density at radius 1 is 0.855 bits per heavy atom. The molecule has 326 valence electrons. The van der Waals surface area contributed by atoms with Gasteiger partial charge >= 0.3 is 6.09 Å². The van der Waals surface area contributed by atoms with E-state index in [1.54, 1.807) is 0 Å². The number of amides is 3. The summed E-state index contributed by atoms with van der Waals surface area (Å²) in [6.07, 6.45) is 10.3. The van der Waals surface area contributed by atoms with Crippen LogP contribution in [0.1, 0.15) is 127 Å². The van der Waals surface area contributed by atoms with E-state index in [-0.39, 0.29) is 52.8 Å². The Labute approximate surface area is 365 Å². The number of Topliss-reactive ketones (excluding diaryl/α,β-unsaturated/α-hetero) is 1. The number of nitrogens with zero attached hydrogens (tertiary/aromatic N) is 4. The molecule has 11 nitrogen and oxygen atoms in total. The predicted molar refractivity (Wildman–Crippen MR) is 242 cm³/mol. The molecule has 3 aromatic carbocycles. The normalized spacial score (nSPS) is 21.0. The lowest BCUT2D eigenvalue weighted by Gasteiger charge is -2.41. The second kappa shape index (κ2) is 16.8.